The summed E-state index contributed by atoms with van der Waals surface area (Å²) in [6.45, 7) is 1.38. The van der Waals surface area contributed by atoms with Crippen molar-refractivity contribution in [2.75, 3.05) is 13.1 Å². The van der Waals surface area contributed by atoms with Crippen LogP contribution in [0.2, 0.25) is 0 Å². The van der Waals surface area contributed by atoms with Gasteiger partial charge >= 0.3 is 0 Å². The fourth-order valence-electron chi connectivity index (χ4n) is 3.38. The van der Waals surface area contributed by atoms with Crippen molar-refractivity contribution in [3.8, 4) is 0 Å². The second-order valence-corrected chi connectivity index (χ2v) is 7.77. The third kappa shape index (κ3) is 4.22. The third-order valence-corrected chi connectivity index (χ3v) is 5.71. The number of H-pyrrole nitrogens is 1. The number of aromatic nitrogens is 2. The molecule has 6 heteroatoms. The molecule has 1 aromatic heterocycles. The van der Waals surface area contributed by atoms with Gasteiger partial charge in [0, 0.05) is 35.2 Å². The molecule has 2 heterocycles. The molecule has 4 rings (SSSR count). The first-order chi connectivity index (χ1) is 13.2. The summed E-state index contributed by atoms with van der Waals surface area (Å²) in [5.74, 6) is -0.136. The quantitative estimate of drug-likeness (QED) is 0.711. The van der Waals surface area contributed by atoms with Gasteiger partial charge in [-0.05, 0) is 55.3 Å². The molecular weight excluding hydrogens is 361 g/mol. The first-order valence-corrected chi connectivity index (χ1v) is 9.84. The van der Waals surface area contributed by atoms with Crippen LogP contribution in [-0.4, -0.2) is 34.1 Å². The van der Waals surface area contributed by atoms with Crippen LogP contribution < -0.4 is 0 Å². The normalized spacial score (nSPS) is 17.1. The molecule has 0 saturated carbocycles. The molecule has 1 N–H and O–H groups in total. The lowest BCUT2D eigenvalue weighted by Crippen LogP contribution is -2.39. The van der Waals surface area contributed by atoms with Gasteiger partial charge in [0.25, 0.3) is 5.91 Å². The highest BCUT2D eigenvalue weighted by Gasteiger charge is 2.26. The molecule has 3 aromatic rings. The van der Waals surface area contributed by atoms with Gasteiger partial charge in [0.05, 0.1) is 0 Å². The van der Waals surface area contributed by atoms with E-state index in [1.807, 2.05) is 23.1 Å². The van der Waals surface area contributed by atoms with Gasteiger partial charge in [-0.1, -0.05) is 30.0 Å². The molecule has 2 aromatic carbocycles. The van der Waals surface area contributed by atoms with E-state index in [1.165, 1.54) is 12.1 Å². The van der Waals surface area contributed by atoms with E-state index < -0.39 is 0 Å². The minimum Gasteiger partial charge on any atom is -0.338 e. The fraction of sp³-hybridized carbons (Fsp3) is 0.238. The average molecular weight is 381 g/mol. The summed E-state index contributed by atoms with van der Waals surface area (Å²) < 4.78 is 13.1. The molecule has 0 spiro atoms. The van der Waals surface area contributed by atoms with Crippen molar-refractivity contribution in [2.45, 2.75) is 28.7 Å². The van der Waals surface area contributed by atoms with Crippen molar-refractivity contribution in [1.82, 2.24) is 15.1 Å². The fourth-order valence-corrected chi connectivity index (χ4v) is 4.19. The summed E-state index contributed by atoms with van der Waals surface area (Å²) in [5, 5.41) is 8.49. The highest BCUT2D eigenvalue weighted by atomic mass is 32.2. The number of hydrogen-bond acceptors (Lipinski definition) is 3. The Labute approximate surface area is 161 Å². The Morgan fingerprint density at radius 3 is 2.70 bits per heavy atom. The highest BCUT2D eigenvalue weighted by molar-refractivity contribution is 7.99. The van der Waals surface area contributed by atoms with Crippen LogP contribution in [0.5, 0.6) is 0 Å². The Morgan fingerprint density at radius 1 is 1.15 bits per heavy atom. The van der Waals surface area contributed by atoms with E-state index >= 15 is 0 Å². The summed E-state index contributed by atoms with van der Waals surface area (Å²) in [7, 11) is 0. The molecular formula is C21H20FN3OS. The zero-order valence-electron chi connectivity index (χ0n) is 14.8. The van der Waals surface area contributed by atoms with Gasteiger partial charge in [-0.3, -0.25) is 9.89 Å². The molecule has 1 atom stereocenters. The predicted molar refractivity (Wildman–Crippen MR) is 103 cm³/mol. The van der Waals surface area contributed by atoms with Gasteiger partial charge in [0.1, 0.15) is 10.8 Å². The number of amides is 1. The van der Waals surface area contributed by atoms with E-state index in [0.717, 1.165) is 35.0 Å². The predicted octanol–water partition coefficient (Wildman–Crippen LogP) is 4.72. The number of halogens is 1. The molecule has 1 amide bonds. The summed E-state index contributed by atoms with van der Waals surface area (Å²) in [6, 6.07) is 18.0. The monoisotopic (exact) mass is 381 g/mol. The molecule has 0 aliphatic carbocycles. The minimum absolute atomic E-state index is 0.0434. The van der Waals surface area contributed by atoms with E-state index in [2.05, 4.69) is 28.4 Å². The van der Waals surface area contributed by atoms with E-state index in [1.54, 1.807) is 23.9 Å². The first-order valence-electron chi connectivity index (χ1n) is 9.02. The number of piperidine rings is 1. The summed E-state index contributed by atoms with van der Waals surface area (Å²) >= 11 is 1.62. The number of nitrogens with zero attached hydrogens (tertiary/aromatic N) is 2. The summed E-state index contributed by atoms with van der Waals surface area (Å²) in [5.41, 5.74) is 1.59. The number of aromatic amines is 1. The average Bonchev–Trinajstić information content (AvgIpc) is 3.17. The first kappa shape index (κ1) is 17.8. The molecule has 1 saturated heterocycles. The maximum atomic E-state index is 13.1. The van der Waals surface area contributed by atoms with Gasteiger partial charge in [0.15, 0.2) is 0 Å². The Hall–Kier alpha value is -2.60. The molecule has 1 fully saturated rings. The van der Waals surface area contributed by atoms with Gasteiger partial charge in [-0.15, -0.1) is 0 Å². The number of carbonyl (C=O) groups excluding carboxylic acids is 1. The molecule has 4 nitrogen and oxygen atoms in total. The Kier molecular flexibility index (Phi) is 5.25. The van der Waals surface area contributed by atoms with Crippen molar-refractivity contribution in [3.05, 3.63) is 77.7 Å². The van der Waals surface area contributed by atoms with Gasteiger partial charge in [-0.25, -0.2) is 4.39 Å². The second-order valence-electron chi connectivity index (χ2n) is 6.67. The number of rotatable bonds is 4. The second kappa shape index (κ2) is 7.96. The smallest absolute Gasteiger partial charge is 0.253 e. The minimum atomic E-state index is -0.330. The highest BCUT2D eigenvalue weighted by Crippen LogP contribution is 2.31. The molecule has 0 radical (unpaired) electrons. The van der Waals surface area contributed by atoms with E-state index in [9.17, 15) is 9.18 Å². The van der Waals surface area contributed by atoms with Gasteiger partial charge < -0.3 is 4.90 Å². The van der Waals surface area contributed by atoms with Crippen LogP contribution in [0.15, 0.2) is 70.6 Å². The van der Waals surface area contributed by atoms with Crippen molar-refractivity contribution in [2.24, 2.45) is 0 Å². The zero-order valence-corrected chi connectivity index (χ0v) is 15.6. The van der Waals surface area contributed by atoms with Gasteiger partial charge in [-0.2, -0.15) is 5.10 Å². The summed E-state index contributed by atoms with van der Waals surface area (Å²) in [4.78, 5) is 15.7. The van der Waals surface area contributed by atoms with Crippen LogP contribution in [0.3, 0.4) is 0 Å². The van der Waals surface area contributed by atoms with Crippen molar-refractivity contribution in [3.63, 3.8) is 0 Å². The van der Waals surface area contributed by atoms with Crippen molar-refractivity contribution in [1.29, 1.82) is 0 Å². The van der Waals surface area contributed by atoms with Crippen LogP contribution in [-0.2, 0) is 0 Å². The lowest BCUT2D eigenvalue weighted by atomic mass is 9.94. The van der Waals surface area contributed by atoms with E-state index in [0.29, 0.717) is 12.1 Å². The van der Waals surface area contributed by atoms with Crippen LogP contribution in [0.1, 0.15) is 34.8 Å². The van der Waals surface area contributed by atoms with Crippen LogP contribution in [0.25, 0.3) is 0 Å². The lowest BCUT2D eigenvalue weighted by molar-refractivity contribution is 0.0706. The van der Waals surface area contributed by atoms with Gasteiger partial charge in [0.2, 0.25) is 0 Å². The number of benzene rings is 2. The number of hydrogen-bond donors (Lipinski definition) is 1. The molecule has 1 aliphatic heterocycles. The maximum Gasteiger partial charge on any atom is 0.253 e. The Balaban J connectivity index is 1.44. The zero-order chi connectivity index (χ0) is 18.6. The number of carbonyl (C=O) groups is 1. The molecule has 0 bridgehead atoms. The van der Waals surface area contributed by atoms with E-state index in [4.69, 9.17) is 0 Å². The number of likely N-dealkylation sites (tertiary alicyclic amines) is 1. The van der Waals surface area contributed by atoms with E-state index in [-0.39, 0.29) is 17.6 Å². The maximum absolute atomic E-state index is 13.1. The lowest BCUT2D eigenvalue weighted by Gasteiger charge is -2.32. The standard InChI is InChI=1S/C21H20FN3OS/c22-17-10-8-15(9-11-17)21(26)25-12-4-5-16(14-25)19-13-20(24-23-19)27-18-6-2-1-3-7-18/h1-3,6-11,13,16H,4-5,12,14H2,(H,23,24)/t16-/m0/s1. The third-order valence-electron chi connectivity index (χ3n) is 4.78. The Bertz CT molecular complexity index is 911. The largest absolute Gasteiger partial charge is 0.338 e. The van der Waals surface area contributed by atoms with Crippen LogP contribution >= 0.6 is 11.8 Å². The SMILES string of the molecule is O=C(c1ccc(F)cc1)N1CCC[C@H](c2cc(Sc3ccccc3)n[nH]2)C1. The molecule has 138 valence electrons. The van der Waals surface area contributed by atoms with Crippen molar-refractivity contribution >= 4 is 17.7 Å². The Morgan fingerprint density at radius 2 is 1.93 bits per heavy atom. The number of nitrogens with one attached hydrogen (secondary N) is 1. The molecule has 1 aliphatic rings. The molecule has 27 heavy (non-hydrogen) atoms. The summed E-state index contributed by atoms with van der Waals surface area (Å²) in [6.07, 6.45) is 1.96. The topological polar surface area (TPSA) is 49.0 Å². The van der Waals surface area contributed by atoms with Crippen LogP contribution in [0.4, 0.5) is 4.39 Å². The molecule has 0 unspecified atom stereocenters. The van der Waals surface area contributed by atoms with Crippen LogP contribution in [0, 0.1) is 5.82 Å². The van der Waals surface area contributed by atoms with Crippen molar-refractivity contribution < 1.29 is 9.18 Å².